The van der Waals surface area contributed by atoms with E-state index in [1.165, 1.54) is 0 Å². The topological polar surface area (TPSA) is 9.23 Å². The molecule has 0 heterocycles. The van der Waals surface area contributed by atoms with E-state index < -0.39 is 33.8 Å². The molecule has 0 aliphatic heterocycles. The quantitative estimate of drug-likeness (QED) is 0.497. The Labute approximate surface area is 76.6 Å². The summed E-state index contributed by atoms with van der Waals surface area (Å²) in [6.45, 7) is 0. The van der Waals surface area contributed by atoms with Crippen LogP contribution in [0.5, 0.6) is 0 Å². The van der Waals surface area contributed by atoms with Crippen molar-refractivity contribution in [1.29, 1.82) is 0 Å². The maximum absolute atomic E-state index is 5.45. The van der Waals surface area contributed by atoms with Crippen LogP contribution in [0.25, 0.3) is 0 Å². The molecule has 0 aliphatic carbocycles. The molecule has 0 bridgehead atoms. The van der Waals surface area contributed by atoms with Gasteiger partial charge in [-0.3, -0.25) is 0 Å². The summed E-state index contributed by atoms with van der Waals surface area (Å²) in [6.07, 6.45) is 0. The molecule has 7 heteroatoms. The first-order valence-corrected chi connectivity index (χ1v) is 17.8. The third-order valence-electron chi connectivity index (χ3n) is 0.0882. The zero-order valence-corrected chi connectivity index (χ0v) is 11.7. The van der Waals surface area contributed by atoms with Crippen molar-refractivity contribution in [2.45, 2.75) is 0 Å². The zero-order chi connectivity index (χ0) is 5.86. The van der Waals surface area contributed by atoms with Gasteiger partial charge in [0.2, 0.25) is 0 Å². The first-order chi connectivity index (χ1) is 3.13. The van der Waals surface area contributed by atoms with Crippen LogP contribution in [-0.2, 0) is 1.40 Å². The molecule has 0 unspecified atom stereocenters. The van der Waals surface area contributed by atoms with E-state index in [0.29, 0.717) is 0 Å². The van der Waals surface area contributed by atoms with Crippen molar-refractivity contribution >= 4 is 77.0 Å². The average molecular weight is 501 g/mol. The van der Waals surface area contributed by atoms with E-state index in [1.54, 1.807) is 0 Å². The minimum atomic E-state index is -1.69. The van der Waals surface area contributed by atoms with Crippen LogP contribution >= 0.6 is 77.0 Å². The summed E-state index contributed by atoms with van der Waals surface area (Å²) in [5.41, 5.74) is 0. The fraction of sp³-hybridized carbons (Fsp3) is 0. The Balaban J connectivity index is 2.95. The minimum absolute atomic E-state index is 1.69. The molecule has 0 rings (SSSR count). The standard InChI is InChI=1S/Br2Cl2I2O/c1-5(3)7-6(2)4. The van der Waals surface area contributed by atoms with E-state index in [-0.39, 0.29) is 0 Å². The molecule has 0 aromatic carbocycles. The average Bonchev–Trinajstić information content (AvgIpc) is 1.27. The molecule has 0 aromatic heterocycles. The Morgan fingerprint density at radius 2 is 1.43 bits per heavy atom. The molecule has 0 saturated carbocycles. The van der Waals surface area contributed by atoms with Gasteiger partial charge in [-0.05, 0) is 0 Å². The molecule has 0 fully saturated rings. The molecule has 0 saturated heterocycles. The summed E-state index contributed by atoms with van der Waals surface area (Å²) < 4.78 is 4.93. The van der Waals surface area contributed by atoms with Gasteiger partial charge in [0.1, 0.15) is 0 Å². The Morgan fingerprint density at radius 3 is 1.43 bits per heavy atom. The first kappa shape index (κ1) is 9.96. The summed E-state index contributed by atoms with van der Waals surface area (Å²) in [5, 5.41) is 0. The Hall–Kier alpha value is 2.96. The van der Waals surface area contributed by atoms with Crippen molar-refractivity contribution in [1.82, 2.24) is 0 Å². The summed E-state index contributed by atoms with van der Waals surface area (Å²) >= 11 is 2.81. The van der Waals surface area contributed by atoms with Crippen LogP contribution in [-0.4, -0.2) is 0 Å². The Bertz CT molecular complexity index is 43.0. The van der Waals surface area contributed by atoms with Gasteiger partial charge in [0.05, 0.1) is 0 Å². The normalized spacial score (nSPS) is 13.7. The van der Waals surface area contributed by atoms with Crippen LogP contribution in [0.4, 0.5) is 0 Å². The van der Waals surface area contributed by atoms with Gasteiger partial charge in [0.15, 0.2) is 0 Å². The van der Waals surface area contributed by atoms with E-state index in [1.807, 2.05) is 0 Å². The van der Waals surface area contributed by atoms with Gasteiger partial charge in [0.25, 0.3) is 0 Å². The van der Waals surface area contributed by atoms with E-state index in [9.17, 15) is 0 Å². The fourth-order valence-corrected chi connectivity index (χ4v) is 25.2. The molecule has 0 N–H and O–H groups in total. The van der Waals surface area contributed by atoms with Crippen LogP contribution in [0.1, 0.15) is 0 Å². The molecule has 48 valence electrons. The second-order valence-electron chi connectivity index (χ2n) is 0.400. The van der Waals surface area contributed by atoms with Crippen molar-refractivity contribution in [3.8, 4) is 0 Å². The Morgan fingerprint density at radius 1 is 1.14 bits per heavy atom. The second kappa shape index (κ2) is 5.72. The number of rotatable bonds is 2. The third-order valence-corrected chi connectivity index (χ3v) is 16.3. The molecule has 1 nitrogen and oxygen atoms in total. The Kier molecular flexibility index (Phi) is 8.14. The van der Waals surface area contributed by atoms with Gasteiger partial charge in [-0.2, -0.15) is 0 Å². The summed E-state index contributed by atoms with van der Waals surface area (Å²) in [4.78, 5) is 0. The van der Waals surface area contributed by atoms with Gasteiger partial charge in [-0.1, -0.05) is 0 Å². The van der Waals surface area contributed by atoms with E-state index in [4.69, 9.17) is 19.2 Å². The predicted molar refractivity (Wildman–Crippen MR) is 58.7 cm³/mol. The summed E-state index contributed by atoms with van der Waals surface area (Å²) in [7, 11) is 10.9. The SMILES string of the molecule is ClI(Br)OI(Cl)Br. The van der Waals surface area contributed by atoms with Crippen LogP contribution < -0.4 is 0 Å². The first-order valence-electron chi connectivity index (χ1n) is 0.880. The molecular formula is Br2Cl2I2O. The third kappa shape index (κ3) is 8.96. The second-order valence-corrected chi connectivity index (χ2v) is 20.3. The number of halogens is 6. The monoisotopic (exact) mass is 498 g/mol. The van der Waals surface area contributed by atoms with Gasteiger partial charge < -0.3 is 0 Å². The van der Waals surface area contributed by atoms with Crippen LogP contribution in [0.15, 0.2) is 0 Å². The van der Waals surface area contributed by atoms with Crippen molar-refractivity contribution in [3.05, 3.63) is 0 Å². The molecule has 0 aromatic rings. The van der Waals surface area contributed by atoms with Crippen molar-refractivity contribution in [2.24, 2.45) is 0 Å². The molecule has 0 radical (unpaired) electrons. The number of hydrogen-bond donors (Lipinski definition) is 0. The summed E-state index contributed by atoms with van der Waals surface area (Å²) in [6, 6.07) is 0. The van der Waals surface area contributed by atoms with Gasteiger partial charge in [-0.25, -0.2) is 0 Å². The van der Waals surface area contributed by atoms with Crippen molar-refractivity contribution in [3.63, 3.8) is 0 Å². The zero-order valence-electron chi connectivity index (χ0n) is 2.68. The van der Waals surface area contributed by atoms with E-state index in [2.05, 4.69) is 25.4 Å². The van der Waals surface area contributed by atoms with E-state index >= 15 is 0 Å². The molecular weight excluding hydrogens is 501 g/mol. The molecule has 0 aliphatic rings. The molecule has 0 atom stereocenters. The van der Waals surface area contributed by atoms with E-state index in [0.717, 1.165) is 0 Å². The molecule has 7 heavy (non-hydrogen) atoms. The molecule has 0 amide bonds. The van der Waals surface area contributed by atoms with Crippen molar-refractivity contribution < 1.29 is 1.40 Å². The van der Waals surface area contributed by atoms with Gasteiger partial charge in [0, 0.05) is 0 Å². The predicted octanol–water partition coefficient (Wildman–Crippen LogP) is 4.77. The van der Waals surface area contributed by atoms with Crippen LogP contribution in [0, 0.1) is 0 Å². The van der Waals surface area contributed by atoms with Crippen LogP contribution in [0.3, 0.4) is 0 Å². The molecule has 0 spiro atoms. The van der Waals surface area contributed by atoms with Crippen LogP contribution in [0.2, 0.25) is 0 Å². The van der Waals surface area contributed by atoms with Gasteiger partial charge in [-0.15, -0.1) is 0 Å². The summed E-state index contributed by atoms with van der Waals surface area (Å²) in [5.74, 6) is 0. The maximum atomic E-state index is 5.45. The fourth-order valence-electron chi connectivity index (χ4n) is 0.0333. The van der Waals surface area contributed by atoms with Crippen molar-refractivity contribution in [2.75, 3.05) is 0 Å². The van der Waals surface area contributed by atoms with Gasteiger partial charge >= 0.3 is 78.4 Å². The number of hydrogen-bond acceptors (Lipinski definition) is 1.